The molecule has 106 valence electrons. The molecular weight excluding hydrogens is 266 g/mol. The quantitative estimate of drug-likeness (QED) is 0.582. The molecule has 0 radical (unpaired) electrons. The van der Waals surface area contributed by atoms with Crippen LogP contribution in [0.2, 0.25) is 0 Å². The number of nitrogens with zero attached hydrogens (tertiary/aromatic N) is 3. The Hall–Kier alpha value is -1.22. The lowest BCUT2D eigenvalue weighted by atomic mass is 10.4. The van der Waals surface area contributed by atoms with Gasteiger partial charge in [-0.2, -0.15) is 4.31 Å². The Labute approximate surface area is 113 Å². The van der Waals surface area contributed by atoms with Gasteiger partial charge in [0, 0.05) is 32.4 Å². The lowest BCUT2D eigenvalue weighted by Gasteiger charge is -2.33. The first-order chi connectivity index (χ1) is 9.07. The van der Waals surface area contributed by atoms with E-state index in [1.807, 2.05) is 0 Å². The summed E-state index contributed by atoms with van der Waals surface area (Å²) in [6.07, 6.45) is 1.33. The number of aromatic nitrogens is 1. The average molecular weight is 285 g/mol. The van der Waals surface area contributed by atoms with E-state index in [9.17, 15) is 8.42 Å². The Bertz CT molecular complexity index is 508. The van der Waals surface area contributed by atoms with Crippen molar-refractivity contribution in [3.63, 3.8) is 0 Å². The van der Waals surface area contributed by atoms with Crippen molar-refractivity contribution in [3.05, 3.63) is 18.3 Å². The predicted octanol–water partition coefficient (Wildman–Crippen LogP) is -0.307. The fraction of sp³-hybridized carbons (Fsp3) is 0.545. The van der Waals surface area contributed by atoms with Crippen LogP contribution in [0.3, 0.4) is 0 Å². The number of hydrogen-bond acceptors (Lipinski definition) is 6. The average Bonchev–Trinajstić information content (AvgIpc) is 2.47. The van der Waals surface area contributed by atoms with Gasteiger partial charge in [-0.05, 0) is 18.7 Å². The third-order valence-corrected chi connectivity index (χ3v) is 5.18. The molecule has 2 rings (SSSR count). The number of pyridine rings is 1. The van der Waals surface area contributed by atoms with Crippen LogP contribution in [0.4, 0.5) is 5.82 Å². The van der Waals surface area contributed by atoms with E-state index in [1.54, 1.807) is 6.07 Å². The molecule has 0 spiro atoms. The number of hydrogen-bond donors (Lipinski definition) is 2. The Morgan fingerprint density at radius 1 is 1.32 bits per heavy atom. The van der Waals surface area contributed by atoms with Crippen LogP contribution >= 0.6 is 0 Å². The fourth-order valence-corrected chi connectivity index (χ4v) is 3.42. The second-order valence-corrected chi connectivity index (χ2v) is 6.30. The van der Waals surface area contributed by atoms with Crippen molar-refractivity contribution in [3.8, 4) is 0 Å². The van der Waals surface area contributed by atoms with Gasteiger partial charge in [-0.15, -0.1) is 0 Å². The van der Waals surface area contributed by atoms with Gasteiger partial charge in [0.25, 0.3) is 0 Å². The maximum Gasteiger partial charge on any atom is 0.244 e. The predicted molar refractivity (Wildman–Crippen MR) is 72.9 cm³/mol. The smallest absolute Gasteiger partial charge is 0.244 e. The van der Waals surface area contributed by atoms with Crippen LogP contribution in [-0.4, -0.2) is 55.3 Å². The molecule has 0 aliphatic carbocycles. The van der Waals surface area contributed by atoms with Crippen LogP contribution in [-0.2, 0) is 10.0 Å². The van der Waals surface area contributed by atoms with Gasteiger partial charge in [-0.25, -0.2) is 19.2 Å². The molecular formula is C11H19N5O2S. The fourth-order valence-electron chi connectivity index (χ4n) is 2.05. The van der Waals surface area contributed by atoms with Crippen LogP contribution in [0, 0.1) is 0 Å². The SMILES string of the molecule is CCN1CCN(S(=O)(=O)c2ccc(NN)nc2)CC1. The second-order valence-electron chi connectivity index (χ2n) is 4.36. The lowest BCUT2D eigenvalue weighted by Crippen LogP contribution is -2.48. The summed E-state index contributed by atoms with van der Waals surface area (Å²) in [5, 5.41) is 0. The zero-order valence-corrected chi connectivity index (χ0v) is 11.7. The van der Waals surface area contributed by atoms with E-state index in [0.29, 0.717) is 18.9 Å². The van der Waals surface area contributed by atoms with E-state index in [0.717, 1.165) is 19.6 Å². The lowest BCUT2D eigenvalue weighted by molar-refractivity contribution is 0.196. The molecule has 8 heteroatoms. The topological polar surface area (TPSA) is 91.6 Å². The first kappa shape index (κ1) is 14.2. The van der Waals surface area contributed by atoms with Crippen molar-refractivity contribution in [2.24, 2.45) is 5.84 Å². The van der Waals surface area contributed by atoms with E-state index >= 15 is 0 Å². The third-order valence-electron chi connectivity index (χ3n) is 3.30. The minimum absolute atomic E-state index is 0.205. The number of likely N-dealkylation sites (N-methyl/N-ethyl adjacent to an activating group) is 1. The van der Waals surface area contributed by atoms with Crippen molar-refractivity contribution in [1.82, 2.24) is 14.2 Å². The molecule has 1 aromatic heterocycles. The van der Waals surface area contributed by atoms with E-state index in [-0.39, 0.29) is 4.90 Å². The monoisotopic (exact) mass is 285 g/mol. The minimum Gasteiger partial charge on any atom is -0.308 e. The van der Waals surface area contributed by atoms with Crippen LogP contribution in [0.25, 0.3) is 0 Å². The van der Waals surface area contributed by atoms with Crippen molar-refractivity contribution >= 4 is 15.8 Å². The zero-order valence-electron chi connectivity index (χ0n) is 10.9. The van der Waals surface area contributed by atoms with Crippen molar-refractivity contribution in [1.29, 1.82) is 0 Å². The molecule has 3 N–H and O–H groups in total. The molecule has 0 amide bonds. The molecule has 7 nitrogen and oxygen atoms in total. The van der Waals surface area contributed by atoms with Gasteiger partial charge < -0.3 is 10.3 Å². The van der Waals surface area contributed by atoms with Crippen molar-refractivity contribution in [2.75, 3.05) is 38.1 Å². The summed E-state index contributed by atoms with van der Waals surface area (Å²) in [6.45, 7) is 5.61. The molecule has 1 saturated heterocycles. The minimum atomic E-state index is -3.44. The number of nitrogens with two attached hydrogens (primary N) is 1. The van der Waals surface area contributed by atoms with Crippen LogP contribution in [0.1, 0.15) is 6.92 Å². The summed E-state index contributed by atoms with van der Waals surface area (Å²) in [5.41, 5.74) is 2.37. The normalized spacial score (nSPS) is 18.4. The molecule has 0 unspecified atom stereocenters. The standard InChI is InChI=1S/C11H19N5O2S/c1-2-15-5-7-16(8-6-15)19(17,18)10-3-4-11(14-12)13-9-10/h3-4,9H,2,5-8,12H2,1H3,(H,13,14). The summed E-state index contributed by atoms with van der Waals surface area (Å²) in [6, 6.07) is 3.07. The highest BCUT2D eigenvalue weighted by Crippen LogP contribution is 2.17. The number of anilines is 1. The maximum absolute atomic E-state index is 12.4. The molecule has 2 heterocycles. The second kappa shape index (κ2) is 5.83. The largest absolute Gasteiger partial charge is 0.308 e. The zero-order chi connectivity index (χ0) is 13.9. The Kier molecular flexibility index (Phi) is 4.35. The first-order valence-corrected chi connectivity index (χ1v) is 7.67. The first-order valence-electron chi connectivity index (χ1n) is 6.23. The van der Waals surface area contributed by atoms with Crippen LogP contribution in [0.5, 0.6) is 0 Å². The highest BCUT2D eigenvalue weighted by Gasteiger charge is 2.28. The van der Waals surface area contributed by atoms with Gasteiger partial charge in [0.15, 0.2) is 0 Å². The molecule has 1 fully saturated rings. The number of nitrogen functional groups attached to an aromatic ring is 1. The molecule has 0 bridgehead atoms. The molecule has 0 atom stereocenters. The summed E-state index contributed by atoms with van der Waals surface area (Å²) in [4.78, 5) is 6.37. The van der Waals surface area contributed by atoms with Gasteiger partial charge in [-0.1, -0.05) is 6.92 Å². The summed E-state index contributed by atoms with van der Waals surface area (Å²) in [5.74, 6) is 5.64. The number of sulfonamides is 1. The van der Waals surface area contributed by atoms with E-state index in [2.05, 4.69) is 22.2 Å². The summed E-state index contributed by atoms with van der Waals surface area (Å²) in [7, 11) is -3.44. The van der Waals surface area contributed by atoms with E-state index < -0.39 is 10.0 Å². The van der Waals surface area contributed by atoms with Gasteiger partial charge in [-0.3, -0.25) is 0 Å². The van der Waals surface area contributed by atoms with Gasteiger partial charge >= 0.3 is 0 Å². The highest BCUT2D eigenvalue weighted by molar-refractivity contribution is 7.89. The molecule has 1 aliphatic heterocycles. The van der Waals surface area contributed by atoms with Crippen LogP contribution < -0.4 is 11.3 Å². The Morgan fingerprint density at radius 3 is 2.47 bits per heavy atom. The van der Waals surface area contributed by atoms with Gasteiger partial charge in [0.1, 0.15) is 10.7 Å². The molecule has 1 aromatic rings. The van der Waals surface area contributed by atoms with Crippen LogP contribution in [0.15, 0.2) is 23.2 Å². The molecule has 1 aliphatic rings. The third kappa shape index (κ3) is 3.03. The number of hydrazine groups is 1. The Morgan fingerprint density at radius 2 is 2.00 bits per heavy atom. The van der Waals surface area contributed by atoms with Gasteiger partial charge in [0.2, 0.25) is 10.0 Å². The molecule has 19 heavy (non-hydrogen) atoms. The van der Waals surface area contributed by atoms with Gasteiger partial charge in [0.05, 0.1) is 0 Å². The van der Waals surface area contributed by atoms with Crippen molar-refractivity contribution < 1.29 is 8.42 Å². The highest BCUT2D eigenvalue weighted by atomic mass is 32.2. The number of piperazine rings is 1. The number of nitrogens with one attached hydrogen (secondary N) is 1. The van der Waals surface area contributed by atoms with Crippen molar-refractivity contribution in [2.45, 2.75) is 11.8 Å². The van der Waals surface area contributed by atoms with E-state index in [1.165, 1.54) is 16.6 Å². The van der Waals surface area contributed by atoms with E-state index in [4.69, 9.17) is 5.84 Å². The summed E-state index contributed by atoms with van der Waals surface area (Å²) >= 11 is 0. The number of rotatable bonds is 4. The summed E-state index contributed by atoms with van der Waals surface area (Å²) < 4.78 is 26.3. The molecule has 0 aromatic carbocycles. The molecule has 0 saturated carbocycles. The Balaban J connectivity index is 2.13. The maximum atomic E-state index is 12.4.